The molecular formula is C20H22O3. The maximum atomic E-state index is 10.8. The summed E-state index contributed by atoms with van der Waals surface area (Å²) in [6.45, 7) is 4.15. The maximum absolute atomic E-state index is 10.8. The first kappa shape index (κ1) is 15.6. The van der Waals surface area contributed by atoms with E-state index in [9.17, 15) is 4.79 Å². The number of carboxylic acid groups (broad SMARTS) is 1. The highest BCUT2D eigenvalue weighted by atomic mass is 16.5. The molecule has 3 atom stereocenters. The van der Waals surface area contributed by atoms with Gasteiger partial charge < -0.3 is 9.84 Å². The van der Waals surface area contributed by atoms with Crippen molar-refractivity contribution in [3.63, 3.8) is 0 Å². The summed E-state index contributed by atoms with van der Waals surface area (Å²) in [5, 5.41) is 8.89. The second kappa shape index (κ2) is 6.45. The molecule has 1 N–H and O–H groups in total. The van der Waals surface area contributed by atoms with Crippen molar-refractivity contribution in [1.29, 1.82) is 0 Å². The summed E-state index contributed by atoms with van der Waals surface area (Å²) in [5.41, 5.74) is 3.68. The predicted octanol–water partition coefficient (Wildman–Crippen LogP) is 4.58. The summed E-state index contributed by atoms with van der Waals surface area (Å²) in [6.07, 6.45) is 1.29. The van der Waals surface area contributed by atoms with Gasteiger partial charge in [0.2, 0.25) is 0 Å². The zero-order valence-electron chi connectivity index (χ0n) is 13.5. The van der Waals surface area contributed by atoms with Gasteiger partial charge in [-0.2, -0.15) is 0 Å². The van der Waals surface area contributed by atoms with E-state index in [1.807, 2.05) is 31.2 Å². The van der Waals surface area contributed by atoms with Crippen LogP contribution in [0.1, 0.15) is 49.0 Å². The lowest BCUT2D eigenvalue weighted by Gasteiger charge is -2.20. The zero-order valence-corrected chi connectivity index (χ0v) is 13.5. The van der Waals surface area contributed by atoms with Gasteiger partial charge in [-0.25, -0.2) is 0 Å². The van der Waals surface area contributed by atoms with Gasteiger partial charge in [0.15, 0.2) is 0 Å². The smallest absolute Gasteiger partial charge is 0.303 e. The van der Waals surface area contributed by atoms with E-state index in [-0.39, 0.29) is 18.4 Å². The van der Waals surface area contributed by atoms with Gasteiger partial charge in [0, 0.05) is 5.92 Å². The molecule has 0 fully saturated rings. The average Bonchev–Trinajstić information content (AvgIpc) is 2.83. The van der Waals surface area contributed by atoms with E-state index in [1.165, 1.54) is 11.1 Å². The van der Waals surface area contributed by atoms with E-state index in [0.717, 1.165) is 17.7 Å². The monoisotopic (exact) mass is 310 g/mol. The highest BCUT2D eigenvalue weighted by Gasteiger charge is 2.30. The Bertz CT molecular complexity index is 690. The van der Waals surface area contributed by atoms with Crippen LogP contribution < -0.4 is 4.74 Å². The molecule has 1 aliphatic rings. The third-order valence-corrected chi connectivity index (χ3v) is 4.61. The van der Waals surface area contributed by atoms with Crippen molar-refractivity contribution in [2.24, 2.45) is 5.92 Å². The largest absolute Gasteiger partial charge is 0.485 e. The number of carbonyl (C=O) groups is 1. The van der Waals surface area contributed by atoms with Crippen LogP contribution in [0.25, 0.3) is 0 Å². The van der Waals surface area contributed by atoms with Gasteiger partial charge in [-0.15, -0.1) is 0 Å². The number of rotatable bonds is 5. The third kappa shape index (κ3) is 3.39. The molecule has 3 heteroatoms. The summed E-state index contributed by atoms with van der Waals surface area (Å²) in [6, 6.07) is 16.3. The van der Waals surface area contributed by atoms with Gasteiger partial charge in [0.1, 0.15) is 11.9 Å². The van der Waals surface area contributed by atoms with Crippen LogP contribution in [0.15, 0.2) is 48.5 Å². The topological polar surface area (TPSA) is 46.5 Å². The standard InChI is InChI=1S/C20H22O3/c1-13(12-19(21)22)15-7-9-17(10-8-15)23-20-14(2)11-16-5-3-4-6-18(16)20/h3-10,13-14,20H,11-12H2,1-2H3,(H,21,22). The molecule has 0 bridgehead atoms. The Kier molecular flexibility index (Phi) is 4.37. The van der Waals surface area contributed by atoms with E-state index in [0.29, 0.717) is 5.92 Å². The molecule has 0 saturated carbocycles. The number of carboxylic acids is 1. The number of hydrogen-bond acceptors (Lipinski definition) is 2. The highest BCUT2D eigenvalue weighted by Crippen LogP contribution is 2.39. The minimum absolute atomic E-state index is 0.00711. The summed E-state index contributed by atoms with van der Waals surface area (Å²) in [4.78, 5) is 10.8. The second-order valence-electron chi connectivity index (χ2n) is 6.49. The Morgan fingerprint density at radius 3 is 2.61 bits per heavy atom. The molecule has 3 nitrogen and oxygen atoms in total. The highest BCUT2D eigenvalue weighted by molar-refractivity contribution is 5.68. The molecule has 2 aromatic carbocycles. The van der Waals surface area contributed by atoms with Crippen LogP contribution in [0.2, 0.25) is 0 Å². The van der Waals surface area contributed by atoms with E-state index >= 15 is 0 Å². The van der Waals surface area contributed by atoms with Crippen LogP contribution in [0, 0.1) is 5.92 Å². The fourth-order valence-corrected chi connectivity index (χ4v) is 3.34. The molecule has 0 aliphatic heterocycles. The molecule has 2 aromatic rings. The summed E-state index contributed by atoms with van der Waals surface area (Å²) in [7, 11) is 0. The zero-order chi connectivity index (χ0) is 16.4. The molecule has 0 spiro atoms. The normalized spacial score (nSPS) is 20.8. The first-order chi connectivity index (χ1) is 11.0. The van der Waals surface area contributed by atoms with Crippen LogP contribution in [-0.2, 0) is 11.2 Å². The van der Waals surface area contributed by atoms with Crippen molar-refractivity contribution < 1.29 is 14.6 Å². The third-order valence-electron chi connectivity index (χ3n) is 4.61. The first-order valence-electron chi connectivity index (χ1n) is 8.11. The van der Waals surface area contributed by atoms with Crippen molar-refractivity contribution in [3.8, 4) is 5.75 Å². The van der Waals surface area contributed by atoms with E-state index in [1.54, 1.807) is 0 Å². The van der Waals surface area contributed by atoms with Gasteiger partial charge in [-0.3, -0.25) is 4.79 Å². The molecule has 3 unspecified atom stereocenters. The Labute approximate surface area is 136 Å². The van der Waals surface area contributed by atoms with Gasteiger partial charge in [-0.05, 0) is 41.2 Å². The van der Waals surface area contributed by atoms with Crippen LogP contribution in [-0.4, -0.2) is 11.1 Å². The molecule has 0 aromatic heterocycles. The molecular weight excluding hydrogens is 288 g/mol. The predicted molar refractivity (Wildman–Crippen MR) is 89.8 cm³/mol. The fraction of sp³-hybridized carbons (Fsp3) is 0.350. The molecule has 23 heavy (non-hydrogen) atoms. The quantitative estimate of drug-likeness (QED) is 0.879. The Morgan fingerprint density at radius 2 is 1.91 bits per heavy atom. The lowest BCUT2D eigenvalue weighted by molar-refractivity contribution is -0.137. The lowest BCUT2D eigenvalue weighted by Crippen LogP contribution is -2.11. The van der Waals surface area contributed by atoms with Crippen LogP contribution in [0.3, 0.4) is 0 Å². The fourth-order valence-electron chi connectivity index (χ4n) is 3.34. The number of fused-ring (bicyclic) bond motifs is 1. The van der Waals surface area contributed by atoms with E-state index < -0.39 is 5.97 Å². The molecule has 0 amide bonds. The van der Waals surface area contributed by atoms with Crippen molar-refractivity contribution in [3.05, 3.63) is 65.2 Å². The number of benzene rings is 2. The van der Waals surface area contributed by atoms with Crippen molar-refractivity contribution in [1.82, 2.24) is 0 Å². The van der Waals surface area contributed by atoms with Crippen molar-refractivity contribution in [2.45, 2.75) is 38.7 Å². The molecule has 0 saturated heterocycles. The minimum Gasteiger partial charge on any atom is -0.485 e. The Morgan fingerprint density at radius 1 is 1.22 bits per heavy atom. The molecule has 1 aliphatic carbocycles. The molecule has 120 valence electrons. The lowest BCUT2D eigenvalue weighted by atomic mass is 9.98. The molecule has 3 rings (SSSR count). The van der Waals surface area contributed by atoms with Crippen molar-refractivity contribution >= 4 is 5.97 Å². The van der Waals surface area contributed by atoms with Gasteiger partial charge in [-0.1, -0.05) is 50.2 Å². The van der Waals surface area contributed by atoms with Crippen LogP contribution >= 0.6 is 0 Å². The van der Waals surface area contributed by atoms with Crippen molar-refractivity contribution in [2.75, 3.05) is 0 Å². The minimum atomic E-state index is -0.769. The number of hydrogen-bond donors (Lipinski definition) is 1. The first-order valence-corrected chi connectivity index (χ1v) is 8.11. The second-order valence-corrected chi connectivity index (χ2v) is 6.49. The van der Waals surface area contributed by atoms with E-state index in [4.69, 9.17) is 9.84 Å². The Hall–Kier alpha value is -2.29. The summed E-state index contributed by atoms with van der Waals surface area (Å²) >= 11 is 0. The SMILES string of the molecule is CC(CC(=O)O)c1ccc(OC2c3ccccc3CC2C)cc1. The van der Waals surface area contributed by atoms with Gasteiger partial charge >= 0.3 is 5.97 Å². The van der Waals surface area contributed by atoms with Crippen LogP contribution in [0.4, 0.5) is 0 Å². The average molecular weight is 310 g/mol. The van der Waals surface area contributed by atoms with E-state index in [2.05, 4.69) is 31.2 Å². The summed E-state index contributed by atoms with van der Waals surface area (Å²) in [5.74, 6) is 0.532. The molecule has 0 heterocycles. The number of aliphatic carboxylic acids is 1. The number of ether oxygens (including phenoxy) is 1. The van der Waals surface area contributed by atoms with Crippen LogP contribution in [0.5, 0.6) is 5.75 Å². The van der Waals surface area contributed by atoms with Gasteiger partial charge in [0.05, 0.1) is 6.42 Å². The summed E-state index contributed by atoms with van der Waals surface area (Å²) < 4.78 is 6.21. The Balaban J connectivity index is 1.73. The molecule has 0 radical (unpaired) electrons. The van der Waals surface area contributed by atoms with Gasteiger partial charge in [0.25, 0.3) is 0 Å². The maximum Gasteiger partial charge on any atom is 0.303 e.